The first kappa shape index (κ1) is 19.7. The maximum Gasteiger partial charge on any atom is 0.321 e. The van der Waals surface area contributed by atoms with Crippen molar-refractivity contribution in [1.82, 2.24) is 10.3 Å². The fourth-order valence-electron chi connectivity index (χ4n) is 2.68. The van der Waals surface area contributed by atoms with E-state index in [1.54, 1.807) is 0 Å². The number of nitrogens with zero attached hydrogens (tertiary/aromatic N) is 1. The lowest BCUT2D eigenvalue weighted by atomic mass is 10.0. The summed E-state index contributed by atoms with van der Waals surface area (Å²) in [4.78, 5) is 27.2. The lowest BCUT2D eigenvalue weighted by molar-refractivity contribution is -0.143. The van der Waals surface area contributed by atoms with Gasteiger partial charge in [0, 0.05) is 6.42 Å². The number of aliphatic carboxylic acids is 2. The van der Waals surface area contributed by atoms with Gasteiger partial charge in [0.05, 0.1) is 12.1 Å². The molecule has 3 N–H and O–H groups in total. The summed E-state index contributed by atoms with van der Waals surface area (Å²) in [5, 5.41) is 21.4. The van der Waals surface area contributed by atoms with Crippen LogP contribution in [0.5, 0.6) is 0 Å². The number of oxazole rings is 1. The van der Waals surface area contributed by atoms with Crippen LogP contribution in [0.2, 0.25) is 0 Å². The van der Waals surface area contributed by atoms with Crippen molar-refractivity contribution in [3.63, 3.8) is 0 Å². The van der Waals surface area contributed by atoms with Crippen molar-refractivity contribution in [2.45, 2.75) is 45.2 Å². The Balaban J connectivity index is 2.03. The van der Waals surface area contributed by atoms with Crippen molar-refractivity contribution in [3.05, 3.63) is 53.7 Å². The molecule has 7 nitrogen and oxygen atoms in total. The molecular formula is C19H24N2O5. The number of rotatable bonds is 10. The molecule has 2 aromatic rings. The van der Waals surface area contributed by atoms with E-state index in [1.807, 2.05) is 44.2 Å². The number of carboxylic acid groups (broad SMARTS) is 2. The number of aromatic nitrogens is 1. The SMILES string of the molecule is CC(C)CC(NC(Cc1nc(Cc2ccccc2)co1)C(=O)O)C(=O)O. The zero-order valence-corrected chi connectivity index (χ0v) is 14.9. The number of carbonyl (C=O) groups is 2. The van der Waals surface area contributed by atoms with Crippen molar-refractivity contribution in [3.8, 4) is 0 Å². The van der Waals surface area contributed by atoms with Gasteiger partial charge in [0.25, 0.3) is 0 Å². The molecule has 0 aliphatic heterocycles. The predicted octanol–water partition coefficient (Wildman–Crippen LogP) is 2.35. The van der Waals surface area contributed by atoms with Gasteiger partial charge in [-0.2, -0.15) is 0 Å². The van der Waals surface area contributed by atoms with Crippen LogP contribution < -0.4 is 5.32 Å². The summed E-state index contributed by atoms with van der Waals surface area (Å²) >= 11 is 0. The predicted molar refractivity (Wildman–Crippen MR) is 94.9 cm³/mol. The zero-order chi connectivity index (χ0) is 19.1. The van der Waals surface area contributed by atoms with Crippen molar-refractivity contribution < 1.29 is 24.2 Å². The van der Waals surface area contributed by atoms with Gasteiger partial charge < -0.3 is 14.6 Å². The molecule has 1 aromatic carbocycles. The molecule has 140 valence electrons. The first-order valence-corrected chi connectivity index (χ1v) is 8.54. The van der Waals surface area contributed by atoms with Crippen LogP contribution in [0.3, 0.4) is 0 Å². The van der Waals surface area contributed by atoms with Crippen molar-refractivity contribution in [2.24, 2.45) is 5.92 Å². The van der Waals surface area contributed by atoms with E-state index < -0.39 is 24.0 Å². The Hall–Kier alpha value is -2.67. The van der Waals surface area contributed by atoms with Crippen LogP contribution >= 0.6 is 0 Å². The highest BCUT2D eigenvalue weighted by Gasteiger charge is 2.28. The summed E-state index contributed by atoms with van der Waals surface area (Å²) < 4.78 is 5.38. The molecule has 1 heterocycles. The van der Waals surface area contributed by atoms with Crippen molar-refractivity contribution in [2.75, 3.05) is 0 Å². The molecule has 0 radical (unpaired) electrons. The zero-order valence-electron chi connectivity index (χ0n) is 14.9. The van der Waals surface area contributed by atoms with Crippen molar-refractivity contribution >= 4 is 11.9 Å². The van der Waals surface area contributed by atoms with Gasteiger partial charge in [0.15, 0.2) is 5.89 Å². The van der Waals surface area contributed by atoms with Gasteiger partial charge in [-0.25, -0.2) is 4.98 Å². The number of hydrogen-bond acceptors (Lipinski definition) is 5. The second-order valence-corrected chi connectivity index (χ2v) is 6.68. The largest absolute Gasteiger partial charge is 0.480 e. The molecular weight excluding hydrogens is 336 g/mol. The van der Waals surface area contributed by atoms with E-state index in [1.165, 1.54) is 6.26 Å². The second-order valence-electron chi connectivity index (χ2n) is 6.68. The second kappa shape index (κ2) is 9.15. The molecule has 7 heteroatoms. The Morgan fingerprint density at radius 3 is 2.35 bits per heavy atom. The topological polar surface area (TPSA) is 113 Å². The van der Waals surface area contributed by atoms with Crippen LogP contribution in [0, 0.1) is 5.92 Å². The minimum Gasteiger partial charge on any atom is -0.480 e. The van der Waals surface area contributed by atoms with Gasteiger partial charge in [-0.05, 0) is 17.9 Å². The third-order valence-electron chi connectivity index (χ3n) is 3.91. The number of nitrogens with one attached hydrogen (secondary N) is 1. The molecule has 0 saturated carbocycles. The van der Waals surface area contributed by atoms with Crippen LogP contribution in [0.25, 0.3) is 0 Å². The Kier molecular flexibility index (Phi) is 6.91. The average molecular weight is 360 g/mol. The lowest BCUT2D eigenvalue weighted by Crippen LogP contribution is -2.48. The molecule has 2 unspecified atom stereocenters. The molecule has 26 heavy (non-hydrogen) atoms. The first-order chi connectivity index (χ1) is 12.3. The molecule has 0 saturated heterocycles. The molecule has 0 fully saturated rings. The van der Waals surface area contributed by atoms with Crippen molar-refractivity contribution in [1.29, 1.82) is 0 Å². The van der Waals surface area contributed by atoms with Crippen LogP contribution in [0.4, 0.5) is 0 Å². The van der Waals surface area contributed by atoms with E-state index >= 15 is 0 Å². The molecule has 2 atom stereocenters. The van der Waals surface area contributed by atoms with Gasteiger partial charge in [0.1, 0.15) is 18.3 Å². The highest BCUT2D eigenvalue weighted by Crippen LogP contribution is 2.12. The number of hydrogen-bond donors (Lipinski definition) is 3. The third kappa shape index (κ3) is 6.00. The molecule has 0 bridgehead atoms. The van der Waals surface area contributed by atoms with E-state index in [0.29, 0.717) is 18.5 Å². The van der Waals surface area contributed by atoms with E-state index in [4.69, 9.17) is 4.42 Å². The summed E-state index contributed by atoms with van der Waals surface area (Å²) in [5.41, 5.74) is 1.77. The van der Waals surface area contributed by atoms with Crippen LogP contribution in [0.1, 0.15) is 37.4 Å². The van der Waals surface area contributed by atoms with Gasteiger partial charge in [-0.3, -0.25) is 14.9 Å². The fraction of sp³-hybridized carbons (Fsp3) is 0.421. The van der Waals surface area contributed by atoms with E-state index in [-0.39, 0.29) is 18.2 Å². The standard InChI is InChI=1S/C19H24N2O5/c1-12(2)8-15(18(22)23)21-16(19(24)25)10-17-20-14(11-26-17)9-13-6-4-3-5-7-13/h3-7,11-12,15-16,21H,8-10H2,1-2H3,(H,22,23)(H,24,25). The van der Waals surface area contributed by atoms with Crippen LogP contribution in [-0.2, 0) is 22.4 Å². The van der Waals surface area contributed by atoms with Gasteiger partial charge in [0.2, 0.25) is 0 Å². The molecule has 0 spiro atoms. The Bertz CT molecular complexity index is 727. The minimum absolute atomic E-state index is 0.0218. The Labute approximate surface area is 152 Å². The minimum atomic E-state index is -1.14. The molecule has 2 rings (SSSR count). The Morgan fingerprint density at radius 1 is 1.12 bits per heavy atom. The van der Waals surface area contributed by atoms with E-state index in [9.17, 15) is 19.8 Å². The number of benzene rings is 1. The smallest absolute Gasteiger partial charge is 0.321 e. The summed E-state index contributed by atoms with van der Waals surface area (Å²) in [6.45, 7) is 3.77. The number of carboxylic acids is 2. The lowest BCUT2D eigenvalue weighted by Gasteiger charge is -2.20. The summed E-state index contributed by atoms with van der Waals surface area (Å²) in [5.74, 6) is -1.81. The summed E-state index contributed by atoms with van der Waals surface area (Å²) in [6, 6.07) is 7.71. The van der Waals surface area contributed by atoms with Crippen LogP contribution in [0.15, 0.2) is 41.0 Å². The van der Waals surface area contributed by atoms with Crippen LogP contribution in [-0.4, -0.2) is 39.2 Å². The third-order valence-corrected chi connectivity index (χ3v) is 3.91. The van der Waals surface area contributed by atoms with Gasteiger partial charge in [-0.15, -0.1) is 0 Å². The highest BCUT2D eigenvalue weighted by atomic mass is 16.4. The molecule has 0 aliphatic rings. The highest BCUT2D eigenvalue weighted by molar-refractivity contribution is 5.77. The Morgan fingerprint density at radius 2 is 1.77 bits per heavy atom. The maximum atomic E-state index is 11.5. The van der Waals surface area contributed by atoms with Gasteiger partial charge >= 0.3 is 11.9 Å². The van der Waals surface area contributed by atoms with E-state index in [2.05, 4.69) is 10.3 Å². The molecule has 0 aliphatic carbocycles. The first-order valence-electron chi connectivity index (χ1n) is 8.54. The average Bonchev–Trinajstić information content (AvgIpc) is 3.00. The molecule has 0 amide bonds. The fourth-order valence-corrected chi connectivity index (χ4v) is 2.68. The molecule has 1 aromatic heterocycles. The summed E-state index contributed by atoms with van der Waals surface area (Å²) in [6.07, 6.45) is 2.40. The maximum absolute atomic E-state index is 11.5. The van der Waals surface area contributed by atoms with Gasteiger partial charge in [-0.1, -0.05) is 44.2 Å². The van der Waals surface area contributed by atoms with E-state index in [0.717, 1.165) is 5.56 Å². The normalized spacial score (nSPS) is 13.5. The summed E-state index contributed by atoms with van der Waals surface area (Å²) in [7, 11) is 0. The monoisotopic (exact) mass is 360 g/mol. The quantitative estimate of drug-likeness (QED) is 0.596.